The molecule has 0 saturated heterocycles. The molecule has 10 nitrogen and oxygen atoms in total. The molecule has 0 aromatic carbocycles. The third-order valence-corrected chi connectivity index (χ3v) is 5.18. The van der Waals surface area contributed by atoms with Gasteiger partial charge in [-0.2, -0.15) is 14.4 Å². The Bertz CT molecular complexity index is 1150. The predicted octanol–water partition coefficient (Wildman–Crippen LogP) is 2.76. The maximum Gasteiger partial charge on any atom is 0.304 e. The first kappa shape index (κ1) is 21.7. The van der Waals surface area contributed by atoms with Crippen molar-refractivity contribution in [3.63, 3.8) is 0 Å². The van der Waals surface area contributed by atoms with Crippen molar-refractivity contribution in [2.45, 2.75) is 17.7 Å². The molecule has 3 heterocycles. The number of sulfonamides is 1. The molecule has 0 aliphatic rings. The molecule has 30 heavy (non-hydrogen) atoms. The van der Waals surface area contributed by atoms with Crippen LogP contribution in [0.1, 0.15) is 0 Å². The maximum atomic E-state index is 13.3. The van der Waals surface area contributed by atoms with Crippen molar-refractivity contribution < 1.29 is 35.8 Å². The molecule has 3 rings (SSSR count). The van der Waals surface area contributed by atoms with E-state index in [0.29, 0.717) is 0 Å². The number of aromatic nitrogens is 4. The molecule has 0 aliphatic carbocycles. The van der Waals surface area contributed by atoms with Crippen LogP contribution in [0.2, 0.25) is 5.15 Å². The number of aromatic amines is 1. The minimum Gasteiger partial charge on any atom is -0.478 e. The van der Waals surface area contributed by atoms with Gasteiger partial charge in [-0.3, -0.25) is 0 Å². The lowest BCUT2D eigenvalue weighted by atomic mass is 10.3. The fourth-order valence-corrected chi connectivity index (χ4v) is 3.61. The van der Waals surface area contributed by atoms with E-state index < -0.39 is 46.3 Å². The Morgan fingerprint density at radius 2 is 1.73 bits per heavy atom. The van der Waals surface area contributed by atoms with E-state index in [1.54, 1.807) is 0 Å². The van der Waals surface area contributed by atoms with E-state index in [2.05, 4.69) is 29.4 Å². The second kappa shape index (κ2) is 8.39. The molecule has 3 aromatic rings. The number of pyridine rings is 1. The van der Waals surface area contributed by atoms with Gasteiger partial charge in [0.15, 0.2) is 0 Å². The summed E-state index contributed by atoms with van der Waals surface area (Å²) in [7, 11) is -2.08. The number of rotatable bonds is 8. The summed E-state index contributed by atoms with van der Waals surface area (Å²) in [6, 6.07) is 2.85. The van der Waals surface area contributed by atoms with Crippen LogP contribution in [0.3, 0.4) is 0 Å². The molecule has 0 aliphatic heterocycles. The highest BCUT2D eigenvalue weighted by Crippen LogP contribution is 2.37. The number of alkyl halides is 3. The minimum atomic E-state index is -4.24. The zero-order chi connectivity index (χ0) is 22.1. The van der Waals surface area contributed by atoms with Crippen LogP contribution in [0.15, 0.2) is 23.2 Å². The number of nitrogens with zero attached hydrogens (tertiary/aromatic N) is 3. The van der Waals surface area contributed by atoms with Gasteiger partial charge in [-0.25, -0.2) is 26.9 Å². The van der Waals surface area contributed by atoms with E-state index in [1.807, 2.05) is 0 Å². The molecular weight excluding hydrogens is 455 g/mol. The standard InChI is InChI=1S/C15H13ClF3N5O5S/c1-27-13-9(29-11(19)10(17)18)14(28-2)23-15(22-13)24-30(25,26)7-5-20-12-6(7)3-4-8(16)21-12/h3-5,10-11H,1-2H3,(H,20,21)(H,22,23,24). The highest BCUT2D eigenvalue weighted by atomic mass is 35.5. The number of hydrogen-bond donors (Lipinski definition) is 2. The van der Waals surface area contributed by atoms with Crippen molar-refractivity contribution in [3.8, 4) is 17.5 Å². The fourth-order valence-electron chi connectivity index (χ4n) is 2.35. The molecule has 0 amide bonds. The van der Waals surface area contributed by atoms with Gasteiger partial charge in [0.1, 0.15) is 15.7 Å². The summed E-state index contributed by atoms with van der Waals surface area (Å²) in [4.78, 5) is 13.9. The van der Waals surface area contributed by atoms with Gasteiger partial charge in [-0.1, -0.05) is 11.6 Å². The highest BCUT2D eigenvalue weighted by Gasteiger charge is 2.28. The number of H-pyrrole nitrogens is 1. The first-order valence-electron chi connectivity index (χ1n) is 7.91. The molecule has 162 valence electrons. The number of anilines is 1. The maximum absolute atomic E-state index is 13.3. The Balaban J connectivity index is 1.99. The summed E-state index contributed by atoms with van der Waals surface area (Å²) in [5.41, 5.74) is 0.226. The minimum absolute atomic E-state index is 0.157. The summed E-state index contributed by atoms with van der Waals surface area (Å²) in [5.74, 6) is -2.27. The first-order chi connectivity index (χ1) is 14.2. The number of nitrogens with one attached hydrogen (secondary N) is 2. The van der Waals surface area contributed by atoms with E-state index in [-0.39, 0.29) is 21.1 Å². The lowest BCUT2D eigenvalue weighted by Crippen LogP contribution is -2.21. The largest absolute Gasteiger partial charge is 0.478 e. The predicted molar refractivity (Wildman–Crippen MR) is 98.6 cm³/mol. The molecule has 0 bridgehead atoms. The van der Waals surface area contributed by atoms with E-state index >= 15 is 0 Å². The second-order valence-electron chi connectivity index (χ2n) is 5.49. The summed E-state index contributed by atoms with van der Waals surface area (Å²) in [5, 5.41) is 0.396. The van der Waals surface area contributed by atoms with Gasteiger partial charge in [0.2, 0.25) is 11.7 Å². The van der Waals surface area contributed by atoms with Crippen LogP contribution < -0.4 is 18.9 Å². The Hall–Kier alpha value is -3.00. The molecule has 0 radical (unpaired) electrons. The van der Waals surface area contributed by atoms with Crippen molar-refractivity contribution >= 4 is 38.6 Å². The van der Waals surface area contributed by atoms with Gasteiger partial charge >= 0.3 is 6.43 Å². The van der Waals surface area contributed by atoms with Gasteiger partial charge in [-0.15, -0.1) is 0 Å². The van der Waals surface area contributed by atoms with Gasteiger partial charge in [0, 0.05) is 11.6 Å². The number of ether oxygens (including phenoxy) is 3. The highest BCUT2D eigenvalue weighted by molar-refractivity contribution is 7.93. The van der Waals surface area contributed by atoms with Crippen LogP contribution in [-0.4, -0.2) is 55.4 Å². The number of methoxy groups -OCH3 is 2. The van der Waals surface area contributed by atoms with Crippen LogP contribution in [0.5, 0.6) is 17.5 Å². The molecule has 0 spiro atoms. The van der Waals surface area contributed by atoms with Crippen LogP contribution in [0.4, 0.5) is 19.1 Å². The Morgan fingerprint density at radius 3 is 2.30 bits per heavy atom. The molecule has 2 N–H and O–H groups in total. The third kappa shape index (κ3) is 4.28. The van der Waals surface area contributed by atoms with E-state index in [4.69, 9.17) is 21.1 Å². The molecule has 1 unspecified atom stereocenters. The van der Waals surface area contributed by atoms with Gasteiger partial charge in [-0.05, 0) is 12.1 Å². The fraction of sp³-hybridized carbons (Fsp3) is 0.267. The summed E-state index contributed by atoms with van der Waals surface area (Å²) in [6.45, 7) is 0. The van der Waals surface area contributed by atoms with E-state index in [0.717, 1.165) is 14.2 Å². The zero-order valence-electron chi connectivity index (χ0n) is 15.2. The van der Waals surface area contributed by atoms with Crippen LogP contribution in [0.25, 0.3) is 11.0 Å². The Labute approximate surface area is 172 Å². The van der Waals surface area contributed by atoms with Crippen LogP contribution in [-0.2, 0) is 10.0 Å². The monoisotopic (exact) mass is 467 g/mol. The lowest BCUT2D eigenvalue weighted by Gasteiger charge is -2.16. The first-order valence-corrected chi connectivity index (χ1v) is 9.77. The van der Waals surface area contributed by atoms with Crippen molar-refractivity contribution in [1.82, 2.24) is 19.9 Å². The average Bonchev–Trinajstić information content (AvgIpc) is 3.12. The van der Waals surface area contributed by atoms with Gasteiger partial charge in [0.05, 0.1) is 14.2 Å². The van der Waals surface area contributed by atoms with Crippen molar-refractivity contribution in [2.24, 2.45) is 0 Å². The number of halogens is 4. The SMILES string of the molecule is COc1nc(NS(=O)(=O)c2c[nH]c3nc(Cl)ccc23)nc(OC)c1OC(F)C(F)F. The Morgan fingerprint density at radius 1 is 1.10 bits per heavy atom. The summed E-state index contributed by atoms with van der Waals surface area (Å²) >= 11 is 5.78. The lowest BCUT2D eigenvalue weighted by molar-refractivity contribution is -0.0692. The number of fused-ring (bicyclic) bond motifs is 1. The third-order valence-electron chi connectivity index (χ3n) is 3.60. The van der Waals surface area contributed by atoms with Gasteiger partial charge in [0.25, 0.3) is 28.1 Å². The van der Waals surface area contributed by atoms with Crippen molar-refractivity contribution in [2.75, 3.05) is 18.9 Å². The van der Waals surface area contributed by atoms with Crippen molar-refractivity contribution in [3.05, 3.63) is 23.5 Å². The quantitative estimate of drug-likeness (QED) is 0.484. The van der Waals surface area contributed by atoms with E-state index in [1.165, 1.54) is 18.3 Å². The molecule has 0 saturated carbocycles. The van der Waals surface area contributed by atoms with E-state index in [9.17, 15) is 21.6 Å². The van der Waals surface area contributed by atoms with Crippen molar-refractivity contribution in [1.29, 1.82) is 0 Å². The molecule has 3 aromatic heterocycles. The van der Waals surface area contributed by atoms with Gasteiger partial charge < -0.3 is 19.2 Å². The Kier molecular flexibility index (Phi) is 6.07. The summed E-state index contributed by atoms with van der Waals surface area (Å²) < 4.78 is 80.1. The second-order valence-corrected chi connectivity index (χ2v) is 7.52. The topological polar surface area (TPSA) is 128 Å². The van der Waals surface area contributed by atoms with Crippen LogP contribution >= 0.6 is 11.6 Å². The molecule has 0 fully saturated rings. The summed E-state index contributed by atoms with van der Waals surface area (Å²) in [6.07, 6.45) is -5.29. The van der Waals surface area contributed by atoms with Crippen LogP contribution in [0, 0.1) is 0 Å². The zero-order valence-corrected chi connectivity index (χ0v) is 16.8. The molecule has 15 heteroatoms. The number of hydrogen-bond acceptors (Lipinski definition) is 8. The average molecular weight is 468 g/mol. The normalized spacial score (nSPS) is 12.8. The molecular formula is C15H13ClF3N5O5S. The molecule has 1 atom stereocenters. The smallest absolute Gasteiger partial charge is 0.304 e.